The molecule has 3 rings (SSSR count). The number of nitrogens with zero attached hydrogens (tertiary/aromatic N) is 2. The van der Waals surface area contributed by atoms with Crippen molar-refractivity contribution >= 4 is 5.95 Å². The van der Waals surface area contributed by atoms with Gasteiger partial charge >= 0.3 is 0 Å². The van der Waals surface area contributed by atoms with E-state index in [1.165, 1.54) is 31.2 Å². The van der Waals surface area contributed by atoms with Crippen LogP contribution in [0.3, 0.4) is 0 Å². The van der Waals surface area contributed by atoms with Gasteiger partial charge in [0.2, 0.25) is 5.95 Å². The van der Waals surface area contributed by atoms with E-state index in [4.69, 9.17) is 4.98 Å². The van der Waals surface area contributed by atoms with Crippen molar-refractivity contribution in [1.82, 2.24) is 9.55 Å². The minimum absolute atomic E-state index is 0.327. The molecule has 1 aliphatic rings. The topological polar surface area (TPSA) is 29.9 Å². The van der Waals surface area contributed by atoms with E-state index in [0.29, 0.717) is 12.1 Å². The van der Waals surface area contributed by atoms with Gasteiger partial charge in [-0.2, -0.15) is 0 Å². The van der Waals surface area contributed by atoms with Crippen LogP contribution in [0.1, 0.15) is 62.4 Å². The Morgan fingerprint density at radius 2 is 1.95 bits per heavy atom. The van der Waals surface area contributed by atoms with Crippen molar-refractivity contribution in [2.45, 2.75) is 58.0 Å². The summed E-state index contributed by atoms with van der Waals surface area (Å²) in [6.07, 6.45) is 8.52. The molecular formula is C18H25N3. The van der Waals surface area contributed by atoms with Crippen LogP contribution in [-0.4, -0.2) is 9.55 Å². The Bertz CT molecular complexity index is 567. The maximum Gasteiger partial charge on any atom is 0.203 e. The molecule has 3 nitrogen and oxygen atoms in total. The van der Waals surface area contributed by atoms with Gasteiger partial charge in [-0.1, -0.05) is 50.1 Å². The molecule has 112 valence electrons. The van der Waals surface area contributed by atoms with E-state index in [-0.39, 0.29) is 0 Å². The summed E-state index contributed by atoms with van der Waals surface area (Å²) in [7, 11) is 0. The lowest BCUT2D eigenvalue weighted by Crippen LogP contribution is -2.15. The summed E-state index contributed by atoms with van der Waals surface area (Å²) in [5.74, 6) is 1.04. The molecule has 1 heterocycles. The molecule has 0 bridgehead atoms. The van der Waals surface area contributed by atoms with E-state index < -0.39 is 0 Å². The van der Waals surface area contributed by atoms with Crippen molar-refractivity contribution < 1.29 is 0 Å². The highest BCUT2D eigenvalue weighted by atomic mass is 15.2. The van der Waals surface area contributed by atoms with Crippen LogP contribution in [-0.2, 0) is 0 Å². The van der Waals surface area contributed by atoms with Crippen LogP contribution in [0.15, 0.2) is 36.5 Å². The lowest BCUT2D eigenvalue weighted by Gasteiger charge is -2.21. The highest BCUT2D eigenvalue weighted by Crippen LogP contribution is 2.33. The summed E-state index contributed by atoms with van der Waals surface area (Å²) in [5, 5.41) is 3.66. The average Bonchev–Trinajstić information content (AvgIpc) is 3.15. The zero-order valence-corrected chi connectivity index (χ0v) is 13.0. The number of hydrogen-bond acceptors (Lipinski definition) is 2. The van der Waals surface area contributed by atoms with Gasteiger partial charge in [0, 0.05) is 12.2 Å². The summed E-state index contributed by atoms with van der Waals surface area (Å²) < 4.78 is 2.37. The summed E-state index contributed by atoms with van der Waals surface area (Å²) in [4.78, 5) is 4.72. The van der Waals surface area contributed by atoms with Crippen molar-refractivity contribution in [3.63, 3.8) is 0 Å². The molecule has 0 saturated heterocycles. The molecule has 0 aliphatic heterocycles. The summed E-state index contributed by atoms with van der Waals surface area (Å²) in [6.45, 7) is 4.31. The number of aromatic nitrogens is 2. The van der Waals surface area contributed by atoms with Gasteiger partial charge < -0.3 is 9.88 Å². The third-order valence-corrected chi connectivity index (χ3v) is 4.48. The van der Waals surface area contributed by atoms with Crippen LogP contribution in [0.2, 0.25) is 0 Å². The van der Waals surface area contributed by atoms with Crippen molar-refractivity contribution in [2.24, 2.45) is 0 Å². The predicted molar refractivity (Wildman–Crippen MR) is 87.6 cm³/mol. The fourth-order valence-corrected chi connectivity index (χ4v) is 3.35. The van der Waals surface area contributed by atoms with Crippen LogP contribution in [0, 0.1) is 6.92 Å². The second-order valence-electron chi connectivity index (χ2n) is 6.07. The zero-order chi connectivity index (χ0) is 14.7. The first-order chi connectivity index (χ1) is 10.3. The van der Waals surface area contributed by atoms with Gasteiger partial charge in [-0.25, -0.2) is 4.98 Å². The molecular weight excluding hydrogens is 258 g/mol. The van der Waals surface area contributed by atoms with Gasteiger partial charge in [0.05, 0.1) is 11.7 Å². The number of aryl methyl sites for hydroxylation is 1. The highest BCUT2D eigenvalue weighted by Gasteiger charge is 2.21. The summed E-state index contributed by atoms with van der Waals surface area (Å²) >= 11 is 0. The fourth-order valence-electron chi connectivity index (χ4n) is 3.35. The van der Waals surface area contributed by atoms with Crippen LogP contribution < -0.4 is 5.32 Å². The minimum Gasteiger partial charge on any atom is -0.349 e. The van der Waals surface area contributed by atoms with Gasteiger partial charge in [-0.3, -0.25) is 0 Å². The zero-order valence-electron chi connectivity index (χ0n) is 13.0. The maximum absolute atomic E-state index is 4.72. The molecule has 0 radical (unpaired) electrons. The first-order valence-corrected chi connectivity index (χ1v) is 8.15. The van der Waals surface area contributed by atoms with Gasteiger partial charge in [0.25, 0.3) is 0 Å². The number of hydrogen-bond donors (Lipinski definition) is 1. The Balaban J connectivity index is 1.83. The number of imidazole rings is 1. The van der Waals surface area contributed by atoms with Crippen molar-refractivity contribution in [1.29, 1.82) is 0 Å². The smallest absolute Gasteiger partial charge is 0.203 e. The van der Waals surface area contributed by atoms with Gasteiger partial charge in [-0.15, -0.1) is 0 Å². The van der Waals surface area contributed by atoms with Gasteiger partial charge in [0.1, 0.15) is 0 Å². The molecule has 21 heavy (non-hydrogen) atoms. The van der Waals surface area contributed by atoms with Crippen LogP contribution in [0.5, 0.6) is 0 Å². The summed E-state index contributed by atoms with van der Waals surface area (Å²) in [6, 6.07) is 11.6. The largest absolute Gasteiger partial charge is 0.349 e. The SMILES string of the molecule is CCC(Nc1nc(C)cn1C1CCCC1)c1ccccc1. The molecule has 0 amide bonds. The Kier molecular flexibility index (Phi) is 4.28. The first kappa shape index (κ1) is 14.2. The van der Waals surface area contributed by atoms with E-state index >= 15 is 0 Å². The fraction of sp³-hybridized carbons (Fsp3) is 0.500. The first-order valence-electron chi connectivity index (χ1n) is 8.15. The van der Waals surface area contributed by atoms with Crippen molar-refractivity contribution in [3.8, 4) is 0 Å². The Morgan fingerprint density at radius 1 is 1.24 bits per heavy atom. The molecule has 1 atom stereocenters. The van der Waals surface area contributed by atoms with E-state index in [1.54, 1.807) is 0 Å². The molecule has 1 aromatic heterocycles. The number of nitrogens with one attached hydrogen (secondary N) is 1. The monoisotopic (exact) mass is 283 g/mol. The molecule has 3 heteroatoms. The average molecular weight is 283 g/mol. The van der Waals surface area contributed by atoms with Crippen molar-refractivity contribution in [2.75, 3.05) is 5.32 Å². The van der Waals surface area contributed by atoms with E-state index in [9.17, 15) is 0 Å². The number of benzene rings is 1. The Morgan fingerprint density at radius 3 is 2.62 bits per heavy atom. The Hall–Kier alpha value is -1.77. The summed E-state index contributed by atoms with van der Waals surface area (Å²) in [5.41, 5.74) is 2.44. The molecule has 1 fully saturated rings. The van der Waals surface area contributed by atoms with E-state index in [1.807, 2.05) is 0 Å². The Labute approximate surface area is 127 Å². The number of anilines is 1. The third-order valence-electron chi connectivity index (χ3n) is 4.48. The lowest BCUT2D eigenvalue weighted by atomic mass is 10.1. The van der Waals surface area contributed by atoms with E-state index in [2.05, 4.69) is 60.3 Å². The second kappa shape index (κ2) is 6.33. The van der Waals surface area contributed by atoms with Crippen molar-refractivity contribution in [3.05, 3.63) is 47.8 Å². The molecule has 0 spiro atoms. The van der Waals surface area contributed by atoms with E-state index in [0.717, 1.165) is 18.1 Å². The molecule has 1 N–H and O–H groups in total. The standard InChI is InChI=1S/C18H25N3/c1-3-17(15-9-5-4-6-10-15)20-18-19-14(2)13-21(18)16-11-7-8-12-16/h4-6,9-10,13,16-17H,3,7-8,11-12H2,1-2H3,(H,19,20). The lowest BCUT2D eigenvalue weighted by molar-refractivity contribution is 0.519. The van der Waals surface area contributed by atoms with Gasteiger partial charge in [-0.05, 0) is 31.7 Å². The van der Waals surface area contributed by atoms with Gasteiger partial charge in [0.15, 0.2) is 0 Å². The minimum atomic E-state index is 0.327. The normalized spacial score (nSPS) is 17.0. The quantitative estimate of drug-likeness (QED) is 0.848. The highest BCUT2D eigenvalue weighted by molar-refractivity contribution is 5.35. The van der Waals surface area contributed by atoms with Crippen LogP contribution in [0.25, 0.3) is 0 Å². The number of rotatable bonds is 5. The third kappa shape index (κ3) is 3.12. The molecule has 2 aromatic rings. The predicted octanol–water partition coefficient (Wildman–Crippen LogP) is 4.87. The molecule has 1 aromatic carbocycles. The molecule has 1 saturated carbocycles. The molecule has 1 aliphatic carbocycles. The second-order valence-corrected chi connectivity index (χ2v) is 6.07. The maximum atomic E-state index is 4.72. The van der Waals surface area contributed by atoms with Crippen LogP contribution in [0.4, 0.5) is 5.95 Å². The molecule has 1 unspecified atom stereocenters. The van der Waals surface area contributed by atoms with Crippen LogP contribution >= 0.6 is 0 Å².